The van der Waals surface area contributed by atoms with Crippen LogP contribution in [0.1, 0.15) is 54.4 Å². The van der Waals surface area contributed by atoms with Crippen LogP contribution in [0.25, 0.3) is 0 Å². The fourth-order valence-corrected chi connectivity index (χ4v) is 1.19. The van der Waals surface area contributed by atoms with E-state index in [0.717, 1.165) is 24.7 Å². The third-order valence-electron chi connectivity index (χ3n) is 3.03. The Bertz CT molecular complexity index is 133. The summed E-state index contributed by atoms with van der Waals surface area (Å²) < 4.78 is 0. The van der Waals surface area contributed by atoms with Gasteiger partial charge in [0.1, 0.15) is 0 Å². The molecule has 0 aromatic rings. The molecule has 80 valence electrons. The zero-order chi connectivity index (χ0) is 10.6. The van der Waals surface area contributed by atoms with Gasteiger partial charge in [0.2, 0.25) is 0 Å². The summed E-state index contributed by atoms with van der Waals surface area (Å²) in [5.74, 6) is 1.45. The van der Waals surface area contributed by atoms with Crippen LogP contribution in [0.2, 0.25) is 0 Å². The van der Waals surface area contributed by atoms with E-state index in [0.29, 0.717) is 0 Å². The fourth-order valence-electron chi connectivity index (χ4n) is 1.19. The molecular weight excluding hydrogens is 160 g/mol. The van der Waals surface area contributed by atoms with Gasteiger partial charge in [-0.05, 0) is 30.1 Å². The molecule has 0 spiro atoms. The summed E-state index contributed by atoms with van der Waals surface area (Å²) in [6, 6.07) is 0. The Morgan fingerprint density at radius 2 is 1.46 bits per heavy atom. The van der Waals surface area contributed by atoms with Crippen LogP contribution in [-0.2, 0) is 0 Å². The first kappa shape index (κ1) is 13.0. The van der Waals surface area contributed by atoms with Gasteiger partial charge in [0.15, 0.2) is 0 Å². The average molecular weight is 186 g/mol. The van der Waals surface area contributed by atoms with Gasteiger partial charge in [-0.3, -0.25) is 0 Å². The van der Waals surface area contributed by atoms with Gasteiger partial charge in [0.05, 0.1) is 6.10 Å². The summed E-state index contributed by atoms with van der Waals surface area (Å²) in [7, 11) is 0. The van der Waals surface area contributed by atoms with Crippen molar-refractivity contribution in [2.75, 3.05) is 0 Å². The second-order valence-corrected chi connectivity index (χ2v) is 5.68. The molecule has 13 heavy (non-hydrogen) atoms. The van der Waals surface area contributed by atoms with Gasteiger partial charge in [-0.2, -0.15) is 0 Å². The summed E-state index contributed by atoms with van der Waals surface area (Å²) in [5.41, 5.74) is 0.0384. The Labute approximate surface area is 83.5 Å². The topological polar surface area (TPSA) is 20.2 Å². The summed E-state index contributed by atoms with van der Waals surface area (Å²) >= 11 is 0. The van der Waals surface area contributed by atoms with Gasteiger partial charge in [-0.15, -0.1) is 0 Å². The largest absolute Gasteiger partial charge is 0.393 e. The van der Waals surface area contributed by atoms with Crippen LogP contribution in [0.4, 0.5) is 0 Å². The third kappa shape index (κ3) is 5.30. The van der Waals surface area contributed by atoms with Gasteiger partial charge >= 0.3 is 0 Å². The molecule has 0 aromatic heterocycles. The average Bonchev–Trinajstić information content (AvgIpc) is 1.97. The van der Waals surface area contributed by atoms with Crippen LogP contribution in [0, 0.1) is 17.3 Å². The van der Waals surface area contributed by atoms with Crippen LogP contribution < -0.4 is 0 Å². The Morgan fingerprint density at radius 3 is 1.77 bits per heavy atom. The number of aliphatic hydroxyl groups excluding tert-OH is 1. The van der Waals surface area contributed by atoms with Crippen LogP contribution in [-0.4, -0.2) is 11.2 Å². The molecule has 2 atom stereocenters. The van der Waals surface area contributed by atoms with Gasteiger partial charge in [0, 0.05) is 0 Å². The lowest BCUT2D eigenvalue weighted by atomic mass is 9.83. The van der Waals surface area contributed by atoms with E-state index in [9.17, 15) is 5.11 Å². The minimum atomic E-state index is -0.159. The van der Waals surface area contributed by atoms with Crippen molar-refractivity contribution in [2.45, 2.75) is 60.5 Å². The predicted molar refractivity (Wildman–Crippen MR) is 58.7 cm³/mol. The maximum absolute atomic E-state index is 9.82. The highest BCUT2D eigenvalue weighted by atomic mass is 16.3. The molecule has 0 saturated heterocycles. The van der Waals surface area contributed by atoms with E-state index in [2.05, 4.69) is 41.5 Å². The van der Waals surface area contributed by atoms with E-state index in [1.807, 2.05) is 0 Å². The normalized spacial score (nSPS) is 17.5. The van der Waals surface area contributed by atoms with E-state index in [4.69, 9.17) is 0 Å². The van der Waals surface area contributed by atoms with Crippen LogP contribution in [0.3, 0.4) is 0 Å². The van der Waals surface area contributed by atoms with Gasteiger partial charge < -0.3 is 5.11 Å². The summed E-state index contributed by atoms with van der Waals surface area (Å²) in [6.07, 6.45) is 1.91. The Kier molecular flexibility index (Phi) is 4.98. The molecule has 0 fully saturated rings. The summed E-state index contributed by atoms with van der Waals surface area (Å²) in [6.45, 7) is 13.0. The second-order valence-electron chi connectivity index (χ2n) is 5.68. The lowest BCUT2D eigenvalue weighted by Crippen LogP contribution is -2.26. The predicted octanol–water partition coefficient (Wildman–Crippen LogP) is 3.47. The number of aliphatic hydroxyl groups is 1. The first-order chi connectivity index (χ1) is 5.75. The lowest BCUT2D eigenvalue weighted by Gasteiger charge is -2.27. The minimum absolute atomic E-state index is 0.0384. The summed E-state index contributed by atoms with van der Waals surface area (Å²) in [5, 5.41) is 9.82. The fraction of sp³-hybridized carbons (Fsp3) is 1.00. The molecule has 0 bridgehead atoms. The van der Waals surface area contributed by atoms with Crippen LogP contribution >= 0.6 is 0 Å². The molecule has 0 aromatic carbocycles. The molecule has 1 N–H and O–H groups in total. The van der Waals surface area contributed by atoms with E-state index >= 15 is 0 Å². The van der Waals surface area contributed by atoms with E-state index in [1.165, 1.54) is 0 Å². The molecule has 0 amide bonds. The van der Waals surface area contributed by atoms with Gasteiger partial charge in [0.25, 0.3) is 0 Å². The van der Waals surface area contributed by atoms with Crippen molar-refractivity contribution in [1.82, 2.24) is 0 Å². The maximum Gasteiger partial charge on any atom is 0.0588 e. The summed E-state index contributed by atoms with van der Waals surface area (Å²) in [4.78, 5) is 0. The molecular formula is C12H26O. The van der Waals surface area contributed by atoms with Crippen molar-refractivity contribution >= 4 is 0 Å². The maximum atomic E-state index is 9.82. The Morgan fingerprint density at radius 1 is 1.00 bits per heavy atom. The van der Waals surface area contributed by atoms with Crippen molar-refractivity contribution < 1.29 is 5.11 Å². The minimum Gasteiger partial charge on any atom is -0.393 e. The molecule has 0 saturated carbocycles. The highest BCUT2D eigenvalue weighted by Gasteiger charge is 2.22. The molecule has 0 aliphatic rings. The van der Waals surface area contributed by atoms with Gasteiger partial charge in [-0.25, -0.2) is 0 Å². The first-order valence-electron chi connectivity index (χ1n) is 5.43. The molecule has 1 nitrogen and oxygen atoms in total. The third-order valence-corrected chi connectivity index (χ3v) is 3.03. The second kappa shape index (κ2) is 4.99. The number of hydrogen-bond acceptors (Lipinski definition) is 1. The van der Waals surface area contributed by atoms with Crippen molar-refractivity contribution in [3.05, 3.63) is 0 Å². The van der Waals surface area contributed by atoms with Gasteiger partial charge in [-0.1, -0.05) is 41.5 Å². The van der Waals surface area contributed by atoms with Crippen LogP contribution in [0.15, 0.2) is 0 Å². The molecule has 0 aliphatic heterocycles. The van der Waals surface area contributed by atoms with E-state index in [-0.39, 0.29) is 11.5 Å². The van der Waals surface area contributed by atoms with Crippen molar-refractivity contribution in [3.8, 4) is 0 Å². The molecule has 0 aliphatic carbocycles. The smallest absolute Gasteiger partial charge is 0.0588 e. The highest BCUT2D eigenvalue weighted by molar-refractivity contribution is 4.73. The molecule has 0 heterocycles. The Balaban J connectivity index is 3.77. The molecule has 2 unspecified atom stereocenters. The van der Waals surface area contributed by atoms with E-state index in [1.54, 1.807) is 0 Å². The van der Waals surface area contributed by atoms with E-state index < -0.39 is 0 Å². The standard InChI is InChI=1S/C12H26O/c1-9(2)10(3)7-8-11(13)12(4,5)6/h9-11,13H,7-8H2,1-6H3. The molecule has 0 rings (SSSR count). The number of hydrogen-bond donors (Lipinski definition) is 1. The molecule has 1 heteroatoms. The SMILES string of the molecule is CC(C)C(C)CCC(O)C(C)(C)C. The molecule has 0 radical (unpaired) electrons. The lowest BCUT2D eigenvalue weighted by molar-refractivity contribution is 0.0487. The van der Waals surface area contributed by atoms with Crippen molar-refractivity contribution in [3.63, 3.8) is 0 Å². The quantitative estimate of drug-likeness (QED) is 0.713. The first-order valence-corrected chi connectivity index (χ1v) is 5.43. The monoisotopic (exact) mass is 186 g/mol. The zero-order valence-corrected chi connectivity index (χ0v) is 10.1. The zero-order valence-electron chi connectivity index (χ0n) is 10.1. The highest BCUT2D eigenvalue weighted by Crippen LogP contribution is 2.25. The Hall–Kier alpha value is -0.0400. The van der Waals surface area contributed by atoms with Crippen molar-refractivity contribution in [1.29, 1.82) is 0 Å². The van der Waals surface area contributed by atoms with Crippen LogP contribution in [0.5, 0.6) is 0 Å². The number of rotatable bonds is 4. The van der Waals surface area contributed by atoms with Crippen molar-refractivity contribution in [2.24, 2.45) is 17.3 Å².